The second-order valence-electron chi connectivity index (χ2n) is 8.41. The van der Waals surface area contributed by atoms with Crippen LogP contribution in [0.4, 0.5) is 0 Å². The molecule has 0 radical (unpaired) electrons. The SMILES string of the molecule is C=C/C=C\C(=C/C)c1cccc(C(/C=C(\CC)c2cccc3ccccc23)=NCC(C)C=C)c1. The van der Waals surface area contributed by atoms with E-state index in [0.29, 0.717) is 12.5 Å². The quantitative estimate of drug-likeness (QED) is 0.168. The van der Waals surface area contributed by atoms with Crippen molar-refractivity contribution in [2.45, 2.75) is 27.2 Å². The Balaban J connectivity index is 2.14. The van der Waals surface area contributed by atoms with E-state index >= 15 is 0 Å². The summed E-state index contributed by atoms with van der Waals surface area (Å²) in [7, 11) is 0. The van der Waals surface area contributed by atoms with Crippen molar-refractivity contribution < 1.29 is 0 Å². The number of hydrogen-bond donors (Lipinski definition) is 0. The molecule has 1 atom stereocenters. The zero-order valence-electron chi connectivity index (χ0n) is 20.7. The molecular formula is C33H35N. The van der Waals surface area contributed by atoms with Gasteiger partial charge in [-0.2, -0.15) is 0 Å². The van der Waals surface area contributed by atoms with Crippen molar-refractivity contribution in [1.29, 1.82) is 0 Å². The third kappa shape index (κ3) is 6.20. The standard InChI is InChI=1S/C33H35N/c1-6-10-15-26(8-3)29-18-13-19-30(22-29)33(34-24-25(5)7-2)23-27(9-4)31-21-14-17-28-16-11-12-20-32(28)31/h6-8,10-23,25H,1-2,9,24H2,3-5H3/b15-10-,26-8+,27-23+,34-33?. The number of allylic oxidation sites excluding steroid dienone is 7. The zero-order valence-corrected chi connectivity index (χ0v) is 20.7. The molecule has 0 fully saturated rings. The van der Waals surface area contributed by atoms with Crippen LogP contribution >= 0.6 is 0 Å². The van der Waals surface area contributed by atoms with E-state index in [-0.39, 0.29) is 0 Å². The van der Waals surface area contributed by atoms with Crippen LogP contribution in [0.5, 0.6) is 0 Å². The lowest BCUT2D eigenvalue weighted by Crippen LogP contribution is -2.04. The molecule has 3 rings (SSSR count). The Hall–Kier alpha value is -3.71. The molecule has 1 nitrogen and oxygen atoms in total. The predicted molar refractivity (Wildman–Crippen MR) is 152 cm³/mol. The summed E-state index contributed by atoms with van der Waals surface area (Å²) in [6.07, 6.45) is 13.1. The molecule has 3 aromatic rings. The van der Waals surface area contributed by atoms with E-state index in [1.807, 2.05) is 12.2 Å². The summed E-state index contributed by atoms with van der Waals surface area (Å²) in [5, 5.41) is 2.53. The number of rotatable bonds is 10. The molecule has 1 heteroatoms. The number of aliphatic imine (C=N–C) groups is 1. The van der Waals surface area contributed by atoms with Gasteiger partial charge in [0.15, 0.2) is 0 Å². The fourth-order valence-corrected chi connectivity index (χ4v) is 3.97. The van der Waals surface area contributed by atoms with Crippen molar-refractivity contribution in [3.8, 4) is 0 Å². The third-order valence-electron chi connectivity index (χ3n) is 5.99. The van der Waals surface area contributed by atoms with E-state index < -0.39 is 0 Å². The highest BCUT2D eigenvalue weighted by Gasteiger charge is 2.10. The molecule has 0 aliphatic rings. The number of benzene rings is 3. The third-order valence-corrected chi connectivity index (χ3v) is 5.99. The Morgan fingerprint density at radius 3 is 2.44 bits per heavy atom. The Morgan fingerprint density at radius 1 is 0.971 bits per heavy atom. The molecule has 0 saturated heterocycles. The van der Waals surface area contributed by atoms with Gasteiger partial charge < -0.3 is 0 Å². The van der Waals surface area contributed by atoms with Crippen molar-refractivity contribution in [3.63, 3.8) is 0 Å². The summed E-state index contributed by atoms with van der Waals surface area (Å²) < 4.78 is 0. The molecule has 0 aromatic heterocycles. The molecule has 0 amide bonds. The van der Waals surface area contributed by atoms with Gasteiger partial charge in [0.2, 0.25) is 0 Å². The van der Waals surface area contributed by atoms with E-state index in [0.717, 1.165) is 23.3 Å². The van der Waals surface area contributed by atoms with E-state index in [9.17, 15) is 0 Å². The zero-order chi connectivity index (χ0) is 24.3. The molecule has 0 aliphatic heterocycles. The van der Waals surface area contributed by atoms with Crippen LogP contribution in [0.1, 0.15) is 43.9 Å². The Morgan fingerprint density at radius 2 is 1.71 bits per heavy atom. The minimum Gasteiger partial charge on any atom is -0.284 e. The molecule has 1 unspecified atom stereocenters. The highest BCUT2D eigenvalue weighted by atomic mass is 14.7. The molecule has 3 aromatic carbocycles. The molecular weight excluding hydrogens is 410 g/mol. The number of nitrogens with zero attached hydrogens (tertiary/aromatic N) is 1. The van der Waals surface area contributed by atoms with Gasteiger partial charge in [0, 0.05) is 12.1 Å². The number of fused-ring (bicyclic) bond motifs is 1. The van der Waals surface area contributed by atoms with Crippen LogP contribution in [0.2, 0.25) is 0 Å². The second-order valence-corrected chi connectivity index (χ2v) is 8.41. The molecule has 34 heavy (non-hydrogen) atoms. The smallest absolute Gasteiger partial charge is 0.0650 e. The minimum absolute atomic E-state index is 0.316. The molecule has 0 heterocycles. The van der Waals surface area contributed by atoms with Gasteiger partial charge in [-0.05, 0) is 64.5 Å². The van der Waals surface area contributed by atoms with E-state index in [4.69, 9.17) is 4.99 Å². The molecule has 0 bridgehead atoms. The van der Waals surface area contributed by atoms with Gasteiger partial charge in [-0.1, -0.05) is 111 Å². The van der Waals surface area contributed by atoms with Gasteiger partial charge in [-0.15, -0.1) is 6.58 Å². The minimum atomic E-state index is 0.316. The average molecular weight is 446 g/mol. The van der Waals surface area contributed by atoms with Gasteiger partial charge >= 0.3 is 0 Å². The maximum Gasteiger partial charge on any atom is 0.0650 e. The van der Waals surface area contributed by atoms with Crippen LogP contribution in [0, 0.1) is 5.92 Å². The van der Waals surface area contributed by atoms with Crippen LogP contribution in [-0.2, 0) is 0 Å². The second kappa shape index (κ2) is 12.5. The molecule has 0 aliphatic carbocycles. The van der Waals surface area contributed by atoms with E-state index in [1.54, 1.807) is 6.08 Å². The first kappa shape index (κ1) is 24.9. The maximum absolute atomic E-state index is 5.06. The van der Waals surface area contributed by atoms with Crippen LogP contribution in [0.15, 0.2) is 121 Å². The first-order valence-corrected chi connectivity index (χ1v) is 12.0. The summed E-state index contributed by atoms with van der Waals surface area (Å²) >= 11 is 0. The van der Waals surface area contributed by atoms with Crippen molar-refractivity contribution in [3.05, 3.63) is 133 Å². The first-order chi connectivity index (χ1) is 16.6. The Kier molecular flexibility index (Phi) is 9.17. The fraction of sp³-hybridized carbons (Fsp3) is 0.182. The Bertz CT molecular complexity index is 1260. The molecule has 172 valence electrons. The van der Waals surface area contributed by atoms with Crippen molar-refractivity contribution >= 4 is 27.6 Å². The Labute approximate surface area is 205 Å². The summed E-state index contributed by atoms with van der Waals surface area (Å²) in [5.41, 5.74) is 7.00. The van der Waals surface area contributed by atoms with Gasteiger partial charge in [-0.3, -0.25) is 4.99 Å². The summed E-state index contributed by atoms with van der Waals surface area (Å²) in [6, 6.07) is 23.7. The van der Waals surface area contributed by atoms with Gasteiger partial charge in [-0.25, -0.2) is 0 Å². The van der Waals surface area contributed by atoms with Crippen molar-refractivity contribution in [2.24, 2.45) is 10.9 Å². The van der Waals surface area contributed by atoms with Crippen molar-refractivity contribution in [1.82, 2.24) is 0 Å². The van der Waals surface area contributed by atoms with Crippen molar-refractivity contribution in [2.75, 3.05) is 6.54 Å². The summed E-state index contributed by atoms with van der Waals surface area (Å²) in [4.78, 5) is 5.06. The highest BCUT2D eigenvalue weighted by molar-refractivity contribution is 6.13. The normalized spacial score (nSPS) is 13.9. The van der Waals surface area contributed by atoms with E-state index in [1.165, 1.54) is 27.5 Å². The summed E-state index contributed by atoms with van der Waals surface area (Å²) in [6.45, 7) is 14.9. The van der Waals surface area contributed by atoms with Crippen LogP contribution in [0.3, 0.4) is 0 Å². The van der Waals surface area contributed by atoms with Gasteiger partial charge in [0.25, 0.3) is 0 Å². The van der Waals surface area contributed by atoms with Crippen LogP contribution in [-0.4, -0.2) is 12.3 Å². The lowest BCUT2D eigenvalue weighted by atomic mass is 9.93. The highest BCUT2D eigenvalue weighted by Crippen LogP contribution is 2.28. The van der Waals surface area contributed by atoms with E-state index in [2.05, 4.69) is 119 Å². The fourth-order valence-electron chi connectivity index (χ4n) is 3.97. The first-order valence-electron chi connectivity index (χ1n) is 12.0. The lowest BCUT2D eigenvalue weighted by molar-refractivity contribution is 0.744. The van der Waals surface area contributed by atoms with Gasteiger partial charge in [0.1, 0.15) is 0 Å². The summed E-state index contributed by atoms with van der Waals surface area (Å²) in [5.74, 6) is 0.316. The topological polar surface area (TPSA) is 12.4 Å². The van der Waals surface area contributed by atoms with Crippen LogP contribution in [0.25, 0.3) is 21.9 Å². The van der Waals surface area contributed by atoms with Crippen LogP contribution < -0.4 is 0 Å². The number of hydrogen-bond acceptors (Lipinski definition) is 1. The molecule has 0 spiro atoms. The molecule has 0 saturated carbocycles. The predicted octanol–water partition coefficient (Wildman–Crippen LogP) is 9.09. The lowest BCUT2D eigenvalue weighted by Gasteiger charge is -2.13. The molecule has 0 N–H and O–H groups in total. The average Bonchev–Trinajstić information content (AvgIpc) is 2.89. The van der Waals surface area contributed by atoms with Gasteiger partial charge in [0.05, 0.1) is 5.71 Å². The largest absolute Gasteiger partial charge is 0.284 e. The maximum atomic E-state index is 5.06. The monoisotopic (exact) mass is 445 g/mol.